The first kappa shape index (κ1) is 17.9. The number of carbonyl (C=O) groups excluding carboxylic acids is 1. The molecule has 1 amide bonds. The van der Waals surface area contributed by atoms with E-state index in [0.29, 0.717) is 23.6 Å². The van der Waals surface area contributed by atoms with E-state index in [1.165, 1.54) is 11.8 Å². The number of thioether (sulfide) groups is 1. The minimum atomic E-state index is -0.0808. The fraction of sp³-hybridized carbons (Fsp3) is 0.278. The highest BCUT2D eigenvalue weighted by Crippen LogP contribution is 2.26. The molecule has 122 valence electrons. The number of halogens is 1. The van der Waals surface area contributed by atoms with Gasteiger partial charge in [0.1, 0.15) is 0 Å². The molecule has 0 aliphatic rings. The zero-order chi connectivity index (χ0) is 16.5. The number of benzene rings is 2. The zero-order valence-electron chi connectivity index (χ0n) is 12.7. The van der Waals surface area contributed by atoms with Crippen molar-refractivity contribution in [3.63, 3.8) is 0 Å². The van der Waals surface area contributed by atoms with Crippen molar-refractivity contribution in [2.24, 2.45) is 0 Å². The van der Waals surface area contributed by atoms with Crippen LogP contribution in [0.2, 0.25) is 5.02 Å². The van der Waals surface area contributed by atoms with Gasteiger partial charge in [-0.2, -0.15) is 0 Å². The molecule has 0 radical (unpaired) electrons. The molecular weight excluding hydrogens is 330 g/mol. The summed E-state index contributed by atoms with van der Waals surface area (Å²) in [6, 6.07) is 17.2. The quantitative estimate of drug-likeness (QED) is 0.706. The van der Waals surface area contributed by atoms with Crippen LogP contribution >= 0.6 is 23.4 Å². The highest BCUT2D eigenvalue weighted by Gasteiger charge is 2.14. The molecule has 0 bridgehead atoms. The first-order chi connectivity index (χ1) is 11.2. The highest BCUT2D eigenvalue weighted by atomic mass is 35.5. The average molecular weight is 350 g/mol. The second-order valence-corrected chi connectivity index (χ2v) is 6.54. The van der Waals surface area contributed by atoms with Crippen molar-refractivity contribution in [2.75, 3.05) is 12.4 Å². The Balaban J connectivity index is 1.93. The van der Waals surface area contributed by atoms with Crippen molar-refractivity contribution in [2.45, 2.75) is 23.8 Å². The van der Waals surface area contributed by atoms with Crippen LogP contribution in [0.3, 0.4) is 0 Å². The van der Waals surface area contributed by atoms with Crippen molar-refractivity contribution in [1.29, 1.82) is 0 Å². The molecule has 0 aromatic heterocycles. The summed E-state index contributed by atoms with van der Waals surface area (Å²) in [5, 5.41) is 12.7. The highest BCUT2D eigenvalue weighted by molar-refractivity contribution is 8.00. The Labute approximate surface area is 146 Å². The molecule has 0 aliphatic heterocycles. The molecule has 0 aliphatic carbocycles. The normalized spacial score (nSPS) is 11.9. The lowest BCUT2D eigenvalue weighted by Gasteiger charge is -2.19. The summed E-state index contributed by atoms with van der Waals surface area (Å²) in [4.78, 5) is 13.1. The number of rotatable bonds is 8. The molecule has 0 saturated carbocycles. The molecule has 3 nitrogen and oxygen atoms in total. The van der Waals surface area contributed by atoms with Crippen LogP contribution < -0.4 is 5.32 Å². The van der Waals surface area contributed by atoms with E-state index in [9.17, 15) is 4.79 Å². The molecule has 0 spiro atoms. The number of hydrogen-bond acceptors (Lipinski definition) is 3. The third-order valence-electron chi connectivity index (χ3n) is 3.38. The number of aliphatic hydroxyl groups excluding tert-OH is 1. The van der Waals surface area contributed by atoms with Gasteiger partial charge >= 0.3 is 0 Å². The molecule has 1 unspecified atom stereocenters. The third-order valence-corrected chi connectivity index (χ3v) is 4.90. The van der Waals surface area contributed by atoms with Crippen LogP contribution in [0.1, 0.15) is 24.4 Å². The number of amides is 1. The van der Waals surface area contributed by atoms with E-state index in [1.54, 1.807) is 0 Å². The standard InChI is InChI=1S/C18H20ClNO2S/c19-15-9-4-5-11-17(15)23-13-18(22)20-16(10-6-12-21)14-7-2-1-3-8-14/h1-5,7-9,11,16,21H,6,10,12-13H2,(H,20,22). The Kier molecular flexibility index (Phi) is 7.46. The largest absolute Gasteiger partial charge is 0.396 e. The number of aliphatic hydroxyl groups is 1. The molecule has 0 heterocycles. The summed E-state index contributed by atoms with van der Waals surface area (Å²) in [7, 11) is 0. The lowest BCUT2D eigenvalue weighted by Crippen LogP contribution is -2.30. The van der Waals surface area contributed by atoms with Crippen molar-refractivity contribution in [1.82, 2.24) is 5.32 Å². The maximum absolute atomic E-state index is 12.2. The molecule has 23 heavy (non-hydrogen) atoms. The van der Waals surface area contributed by atoms with Crippen LogP contribution in [0.25, 0.3) is 0 Å². The Hall–Kier alpha value is -1.49. The van der Waals surface area contributed by atoms with E-state index < -0.39 is 0 Å². The van der Waals surface area contributed by atoms with E-state index in [0.717, 1.165) is 10.5 Å². The lowest BCUT2D eigenvalue weighted by molar-refractivity contribution is -0.119. The summed E-state index contributed by atoms with van der Waals surface area (Å²) in [5.74, 6) is 0.272. The molecule has 1 atom stereocenters. The predicted molar refractivity (Wildman–Crippen MR) is 95.8 cm³/mol. The van der Waals surface area contributed by atoms with Crippen molar-refractivity contribution >= 4 is 29.3 Å². The third kappa shape index (κ3) is 5.90. The van der Waals surface area contributed by atoms with Gasteiger partial charge in [-0.1, -0.05) is 54.1 Å². The summed E-state index contributed by atoms with van der Waals surface area (Å²) < 4.78 is 0. The van der Waals surface area contributed by atoms with E-state index in [-0.39, 0.29) is 18.6 Å². The Morgan fingerprint density at radius 3 is 2.52 bits per heavy atom. The average Bonchev–Trinajstić information content (AvgIpc) is 2.58. The molecular formula is C18H20ClNO2S. The SMILES string of the molecule is O=C(CSc1ccccc1Cl)NC(CCCO)c1ccccc1. The minimum absolute atomic E-state index is 0.0401. The molecule has 0 fully saturated rings. The summed E-state index contributed by atoms with van der Waals surface area (Å²) in [6.45, 7) is 0.119. The van der Waals surface area contributed by atoms with Crippen LogP contribution in [-0.2, 0) is 4.79 Å². The maximum Gasteiger partial charge on any atom is 0.230 e. The van der Waals surface area contributed by atoms with Gasteiger partial charge in [-0.25, -0.2) is 0 Å². The van der Waals surface area contributed by atoms with Gasteiger partial charge < -0.3 is 10.4 Å². The Bertz CT molecular complexity index is 621. The van der Waals surface area contributed by atoms with E-state index in [2.05, 4.69) is 5.32 Å². The van der Waals surface area contributed by atoms with Crippen LogP contribution in [0.15, 0.2) is 59.5 Å². The van der Waals surface area contributed by atoms with Gasteiger partial charge in [-0.05, 0) is 30.5 Å². The molecule has 2 N–H and O–H groups in total. The molecule has 2 aromatic rings. The monoisotopic (exact) mass is 349 g/mol. The van der Waals surface area contributed by atoms with Gasteiger partial charge in [0.15, 0.2) is 0 Å². The van der Waals surface area contributed by atoms with E-state index >= 15 is 0 Å². The molecule has 0 saturated heterocycles. The summed E-state index contributed by atoms with van der Waals surface area (Å²) in [6.07, 6.45) is 1.36. The topological polar surface area (TPSA) is 49.3 Å². The summed E-state index contributed by atoms with van der Waals surface area (Å²) >= 11 is 7.52. The number of carbonyl (C=O) groups is 1. The second kappa shape index (κ2) is 9.60. The summed E-state index contributed by atoms with van der Waals surface area (Å²) in [5.41, 5.74) is 1.05. The van der Waals surface area contributed by atoms with Crippen LogP contribution in [0.5, 0.6) is 0 Å². The zero-order valence-corrected chi connectivity index (χ0v) is 14.3. The molecule has 2 aromatic carbocycles. The fourth-order valence-corrected chi connectivity index (χ4v) is 3.29. The lowest BCUT2D eigenvalue weighted by atomic mass is 10.0. The Morgan fingerprint density at radius 1 is 1.13 bits per heavy atom. The first-order valence-electron chi connectivity index (χ1n) is 7.53. The van der Waals surface area contributed by atoms with Crippen molar-refractivity contribution in [3.8, 4) is 0 Å². The van der Waals surface area contributed by atoms with Gasteiger partial charge in [-0.3, -0.25) is 4.79 Å². The van der Waals surface area contributed by atoms with Crippen molar-refractivity contribution in [3.05, 3.63) is 65.2 Å². The maximum atomic E-state index is 12.2. The fourth-order valence-electron chi connectivity index (χ4n) is 2.24. The van der Waals surface area contributed by atoms with E-state index in [4.69, 9.17) is 16.7 Å². The molecule has 5 heteroatoms. The molecule has 2 rings (SSSR count). The predicted octanol–water partition coefficient (Wildman–Crippen LogP) is 4.06. The first-order valence-corrected chi connectivity index (χ1v) is 8.89. The van der Waals surface area contributed by atoms with E-state index in [1.807, 2.05) is 54.6 Å². The van der Waals surface area contributed by atoms with Crippen LogP contribution in [0.4, 0.5) is 0 Å². The smallest absolute Gasteiger partial charge is 0.230 e. The van der Waals surface area contributed by atoms with Crippen LogP contribution in [-0.4, -0.2) is 23.4 Å². The number of nitrogens with one attached hydrogen (secondary N) is 1. The van der Waals surface area contributed by atoms with Gasteiger partial charge in [0.25, 0.3) is 0 Å². The Morgan fingerprint density at radius 2 is 1.83 bits per heavy atom. The minimum Gasteiger partial charge on any atom is -0.396 e. The second-order valence-electron chi connectivity index (χ2n) is 5.12. The van der Waals surface area contributed by atoms with Crippen molar-refractivity contribution < 1.29 is 9.90 Å². The van der Waals surface area contributed by atoms with Crippen LogP contribution in [0, 0.1) is 0 Å². The van der Waals surface area contributed by atoms with Gasteiger partial charge in [0.05, 0.1) is 16.8 Å². The van der Waals surface area contributed by atoms with Gasteiger partial charge in [0.2, 0.25) is 5.91 Å². The van der Waals surface area contributed by atoms with Gasteiger partial charge in [-0.15, -0.1) is 11.8 Å². The number of hydrogen-bond donors (Lipinski definition) is 2. The van der Waals surface area contributed by atoms with Gasteiger partial charge in [0, 0.05) is 11.5 Å².